The van der Waals surface area contributed by atoms with Crippen LogP contribution in [0.4, 0.5) is 0 Å². The van der Waals surface area contributed by atoms with E-state index >= 15 is 0 Å². The molecule has 0 fully saturated rings. The fraction of sp³-hybridized carbons (Fsp3) is 0.0667. The van der Waals surface area contributed by atoms with Crippen LogP contribution in [0, 0.1) is 0 Å². The summed E-state index contributed by atoms with van der Waals surface area (Å²) in [7, 11) is 0. The maximum atomic E-state index is 6.13. The van der Waals surface area contributed by atoms with Gasteiger partial charge in [0.15, 0.2) is 11.5 Å². The molecule has 1 aliphatic heterocycles. The lowest BCUT2D eigenvalue weighted by Gasteiger charge is -1.98. The summed E-state index contributed by atoms with van der Waals surface area (Å²) in [5, 5.41) is 4.56. The molecule has 0 atom stereocenters. The minimum Gasteiger partial charge on any atom is -0.454 e. The summed E-state index contributed by atoms with van der Waals surface area (Å²) >= 11 is 6.13. The molecular formula is C15H9ClN2O3. The molecule has 0 amide bonds. The fourth-order valence-corrected chi connectivity index (χ4v) is 2.34. The highest BCUT2D eigenvalue weighted by molar-refractivity contribution is 6.33. The Balaban J connectivity index is 1.73. The maximum Gasteiger partial charge on any atom is 0.259 e. The zero-order valence-electron chi connectivity index (χ0n) is 10.7. The van der Waals surface area contributed by atoms with Crippen LogP contribution >= 0.6 is 11.6 Å². The van der Waals surface area contributed by atoms with Gasteiger partial charge in [0.25, 0.3) is 5.89 Å². The molecule has 0 spiro atoms. The normalized spacial score (nSPS) is 12.6. The Morgan fingerprint density at radius 3 is 2.76 bits per heavy atom. The second-order valence-electron chi connectivity index (χ2n) is 4.47. The number of halogens is 1. The number of fused-ring (bicyclic) bond motifs is 1. The average Bonchev–Trinajstić information content (AvgIpc) is 3.16. The van der Waals surface area contributed by atoms with E-state index in [2.05, 4.69) is 10.1 Å². The Morgan fingerprint density at radius 2 is 1.86 bits per heavy atom. The van der Waals surface area contributed by atoms with Gasteiger partial charge < -0.3 is 14.0 Å². The van der Waals surface area contributed by atoms with Crippen LogP contribution in [0.25, 0.3) is 22.8 Å². The van der Waals surface area contributed by atoms with Crippen LogP contribution < -0.4 is 9.47 Å². The molecule has 0 saturated heterocycles. The van der Waals surface area contributed by atoms with Crippen LogP contribution in [0.1, 0.15) is 0 Å². The van der Waals surface area contributed by atoms with Crippen molar-refractivity contribution in [3.63, 3.8) is 0 Å². The van der Waals surface area contributed by atoms with E-state index in [-0.39, 0.29) is 6.79 Å². The summed E-state index contributed by atoms with van der Waals surface area (Å²) in [4.78, 5) is 4.38. The van der Waals surface area contributed by atoms with Gasteiger partial charge in [0.05, 0.1) is 10.6 Å². The molecule has 0 N–H and O–H groups in total. The topological polar surface area (TPSA) is 57.4 Å². The Hall–Kier alpha value is -2.53. The first-order valence-electron chi connectivity index (χ1n) is 6.30. The van der Waals surface area contributed by atoms with Crippen LogP contribution in [0.5, 0.6) is 11.5 Å². The largest absolute Gasteiger partial charge is 0.454 e. The standard InChI is InChI=1S/C15H9ClN2O3/c16-11-4-2-1-3-10(11)15-17-14(18-21-15)9-5-6-12-13(7-9)20-8-19-12/h1-7H,8H2. The van der Waals surface area contributed by atoms with Crippen LogP contribution in [-0.2, 0) is 0 Å². The lowest BCUT2D eigenvalue weighted by molar-refractivity contribution is 0.174. The van der Waals surface area contributed by atoms with Crippen molar-refractivity contribution < 1.29 is 14.0 Å². The highest BCUT2D eigenvalue weighted by atomic mass is 35.5. The van der Waals surface area contributed by atoms with Gasteiger partial charge in [-0.3, -0.25) is 0 Å². The zero-order chi connectivity index (χ0) is 14.2. The molecule has 0 radical (unpaired) electrons. The van der Waals surface area contributed by atoms with Crippen molar-refractivity contribution in [3.8, 4) is 34.3 Å². The fourth-order valence-electron chi connectivity index (χ4n) is 2.12. The van der Waals surface area contributed by atoms with Crippen molar-refractivity contribution in [1.82, 2.24) is 10.1 Å². The molecule has 2 heterocycles. The van der Waals surface area contributed by atoms with Gasteiger partial charge in [0, 0.05) is 5.56 Å². The van der Waals surface area contributed by atoms with Crippen LogP contribution in [0.3, 0.4) is 0 Å². The predicted octanol–water partition coefficient (Wildman–Crippen LogP) is 3.79. The van der Waals surface area contributed by atoms with Crippen LogP contribution in [-0.4, -0.2) is 16.9 Å². The SMILES string of the molecule is Clc1ccccc1-c1nc(-c2ccc3c(c2)OCO3)no1. The number of hydrogen-bond acceptors (Lipinski definition) is 5. The first kappa shape index (κ1) is 12.2. The van der Waals surface area contributed by atoms with Gasteiger partial charge in [0.1, 0.15) is 0 Å². The van der Waals surface area contributed by atoms with E-state index in [9.17, 15) is 0 Å². The van der Waals surface area contributed by atoms with E-state index in [4.69, 9.17) is 25.6 Å². The quantitative estimate of drug-likeness (QED) is 0.720. The molecule has 2 aromatic carbocycles. The van der Waals surface area contributed by atoms with Crippen molar-refractivity contribution in [1.29, 1.82) is 0 Å². The predicted molar refractivity (Wildman–Crippen MR) is 76.3 cm³/mol. The molecule has 3 aromatic rings. The first-order valence-corrected chi connectivity index (χ1v) is 6.68. The van der Waals surface area contributed by atoms with Crippen molar-refractivity contribution in [2.75, 3.05) is 6.79 Å². The van der Waals surface area contributed by atoms with Crippen molar-refractivity contribution in [2.24, 2.45) is 0 Å². The molecule has 4 rings (SSSR count). The third-order valence-electron chi connectivity index (χ3n) is 3.16. The van der Waals surface area contributed by atoms with Crippen LogP contribution in [0.15, 0.2) is 47.0 Å². The van der Waals surface area contributed by atoms with Gasteiger partial charge >= 0.3 is 0 Å². The minimum absolute atomic E-state index is 0.232. The third kappa shape index (κ3) is 2.11. The zero-order valence-corrected chi connectivity index (χ0v) is 11.5. The molecular weight excluding hydrogens is 292 g/mol. The van der Waals surface area contributed by atoms with Crippen LogP contribution in [0.2, 0.25) is 5.02 Å². The lowest BCUT2D eigenvalue weighted by Crippen LogP contribution is -1.92. The number of nitrogens with zero attached hydrogens (tertiary/aromatic N) is 2. The third-order valence-corrected chi connectivity index (χ3v) is 3.49. The molecule has 1 aliphatic rings. The number of rotatable bonds is 2. The van der Waals surface area contributed by atoms with E-state index in [1.165, 1.54) is 0 Å². The monoisotopic (exact) mass is 300 g/mol. The molecule has 0 unspecified atom stereocenters. The summed E-state index contributed by atoms with van der Waals surface area (Å²) < 4.78 is 15.9. The van der Waals surface area contributed by atoms with Gasteiger partial charge in [-0.15, -0.1) is 0 Å². The highest BCUT2D eigenvalue weighted by Gasteiger charge is 2.17. The highest BCUT2D eigenvalue weighted by Crippen LogP contribution is 2.36. The molecule has 21 heavy (non-hydrogen) atoms. The molecule has 0 saturated carbocycles. The second kappa shape index (κ2) is 4.79. The molecule has 0 aliphatic carbocycles. The van der Waals surface area contributed by atoms with Gasteiger partial charge in [-0.25, -0.2) is 0 Å². The summed E-state index contributed by atoms with van der Waals surface area (Å²) in [5.74, 6) is 2.25. The number of aromatic nitrogens is 2. The first-order chi connectivity index (χ1) is 10.3. The maximum absolute atomic E-state index is 6.13. The summed E-state index contributed by atoms with van der Waals surface area (Å²) in [6.07, 6.45) is 0. The Labute approximate surface area is 125 Å². The van der Waals surface area contributed by atoms with E-state index < -0.39 is 0 Å². The lowest BCUT2D eigenvalue weighted by atomic mass is 10.2. The molecule has 0 bridgehead atoms. The van der Waals surface area contributed by atoms with Gasteiger partial charge in [-0.05, 0) is 30.3 Å². The van der Waals surface area contributed by atoms with Gasteiger partial charge in [-0.1, -0.05) is 28.9 Å². The molecule has 5 nitrogen and oxygen atoms in total. The van der Waals surface area contributed by atoms with Crippen molar-refractivity contribution >= 4 is 11.6 Å². The summed E-state index contributed by atoms with van der Waals surface area (Å²) in [6, 6.07) is 12.8. The number of benzene rings is 2. The number of ether oxygens (including phenoxy) is 2. The number of hydrogen-bond donors (Lipinski definition) is 0. The smallest absolute Gasteiger partial charge is 0.259 e. The molecule has 6 heteroatoms. The van der Waals surface area contributed by atoms with E-state index in [1.807, 2.05) is 36.4 Å². The Bertz CT molecular complexity index is 816. The van der Waals surface area contributed by atoms with E-state index in [0.717, 1.165) is 5.56 Å². The second-order valence-corrected chi connectivity index (χ2v) is 4.88. The Kier molecular flexibility index (Phi) is 2.79. The minimum atomic E-state index is 0.232. The van der Waals surface area contributed by atoms with E-state index in [0.29, 0.717) is 33.8 Å². The Morgan fingerprint density at radius 1 is 1.00 bits per heavy atom. The van der Waals surface area contributed by atoms with Gasteiger partial charge in [-0.2, -0.15) is 4.98 Å². The van der Waals surface area contributed by atoms with Crippen molar-refractivity contribution in [2.45, 2.75) is 0 Å². The summed E-state index contributed by atoms with van der Waals surface area (Å²) in [5.41, 5.74) is 1.50. The molecule has 104 valence electrons. The van der Waals surface area contributed by atoms with Crippen molar-refractivity contribution in [3.05, 3.63) is 47.5 Å². The average molecular weight is 301 g/mol. The molecule has 1 aromatic heterocycles. The van der Waals surface area contributed by atoms with E-state index in [1.54, 1.807) is 6.07 Å². The summed E-state index contributed by atoms with van der Waals surface area (Å²) in [6.45, 7) is 0.232. The van der Waals surface area contributed by atoms with Gasteiger partial charge in [0.2, 0.25) is 12.6 Å².